The van der Waals surface area contributed by atoms with Crippen molar-refractivity contribution in [3.8, 4) is 0 Å². The van der Waals surface area contributed by atoms with Gasteiger partial charge in [0.05, 0.1) is 9.81 Å². The summed E-state index contributed by atoms with van der Waals surface area (Å²) in [5.41, 5.74) is 5.52. The molecule has 2 saturated heterocycles. The number of aryl methyl sites for hydroxylation is 4. The average molecular weight is 613 g/mol. The Hall–Kier alpha value is -3.06. The summed E-state index contributed by atoms with van der Waals surface area (Å²) in [6, 6.07) is 11.5. The smallest absolute Gasteiger partial charge is 0.267 e. The highest BCUT2D eigenvalue weighted by Gasteiger charge is 2.42. The molecule has 2 fully saturated rings. The Labute approximate surface area is 252 Å². The van der Waals surface area contributed by atoms with Gasteiger partial charge in [0, 0.05) is 37.3 Å². The fourth-order valence-electron chi connectivity index (χ4n) is 4.42. The first kappa shape index (κ1) is 29.9. The maximum absolute atomic E-state index is 13.2. The van der Waals surface area contributed by atoms with Crippen LogP contribution in [-0.2, 0) is 19.2 Å². The molecular formula is C28H28N4O4S4. The van der Waals surface area contributed by atoms with E-state index in [0.29, 0.717) is 11.4 Å². The second kappa shape index (κ2) is 12.6. The molecule has 2 aromatic rings. The number of benzene rings is 2. The van der Waals surface area contributed by atoms with Gasteiger partial charge < -0.3 is 10.6 Å². The van der Waals surface area contributed by atoms with E-state index in [0.717, 1.165) is 45.8 Å². The van der Waals surface area contributed by atoms with Crippen molar-refractivity contribution in [1.29, 1.82) is 0 Å². The topological polar surface area (TPSA) is 98.8 Å². The molecule has 0 radical (unpaired) electrons. The summed E-state index contributed by atoms with van der Waals surface area (Å²) >= 11 is 12.8. The van der Waals surface area contributed by atoms with Crippen molar-refractivity contribution >= 4 is 91.6 Å². The highest BCUT2D eigenvalue weighted by atomic mass is 32.2. The lowest BCUT2D eigenvalue weighted by Crippen LogP contribution is -2.33. The summed E-state index contributed by atoms with van der Waals surface area (Å²) < 4.78 is 0.551. The highest BCUT2D eigenvalue weighted by Crippen LogP contribution is 2.42. The SMILES string of the molecule is Cc1cc(C)cc(NC(=O)CCN2C(=O)/C(=C3\SC(=S)N(CCC(=O)Nc4cc(C)cc(C)c4)C3=O)SC2=S)c1. The number of hydrogen-bond acceptors (Lipinski definition) is 8. The minimum absolute atomic E-state index is 0.0449. The Morgan fingerprint density at radius 1 is 0.650 bits per heavy atom. The molecule has 4 rings (SSSR count). The number of nitrogens with one attached hydrogen (secondary N) is 2. The van der Waals surface area contributed by atoms with Gasteiger partial charge in [-0.3, -0.25) is 29.0 Å². The van der Waals surface area contributed by atoms with Crippen LogP contribution in [0.3, 0.4) is 0 Å². The number of carbonyl (C=O) groups excluding carboxylic acids is 4. The van der Waals surface area contributed by atoms with Crippen LogP contribution in [0.15, 0.2) is 46.2 Å². The number of amides is 4. The molecule has 0 unspecified atom stereocenters. The van der Waals surface area contributed by atoms with Gasteiger partial charge in [-0.1, -0.05) is 60.1 Å². The van der Waals surface area contributed by atoms with Gasteiger partial charge >= 0.3 is 0 Å². The summed E-state index contributed by atoms with van der Waals surface area (Å²) in [4.78, 5) is 54.5. The molecule has 2 heterocycles. The number of rotatable bonds is 8. The van der Waals surface area contributed by atoms with Crippen LogP contribution in [0.1, 0.15) is 35.1 Å². The van der Waals surface area contributed by atoms with Crippen LogP contribution < -0.4 is 10.6 Å². The van der Waals surface area contributed by atoms with Crippen molar-refractivity contribution in [2.45, 2.75) is 40.5 Å². The number of anilines is 2. The van der Waals surface area contributed by atoms with Crippen LogP contribution in [0.25, 0.3) is 0 Å². The van der Waals surface area contributed by atoms with Gasteiger partial charge in [-0.2, -0.15) is 0 Å². The minimum Gasteiger partial charge on any atom is -0.326 e. The van der Waals surface area contributed by atoms with Gasteiger partial charge in [-0.25, -0.2) is 0 Å². The highest BCUT2D eigenvalue weighted by molar-refractivity contribution is 8.29. The minimum atomic E-state index is -0.428. The molecule has 2 aromatic carbocycles. The molecule has 2 aliphatic rings. The molecule has 0 aromatic heterocycles. The summed E-state index contributed by atoms with van der Waals surface area (Å²) in [5, 5.41) is 5.70. The fraction of sp³-hybridized carbons (Fsp3) is 0.286. The molecule has 40 heavy (non-hydrogen) atoms. The Kier molecular flexibility index (Phi) is 9.44. The molecule has 0 aliphatic carbocycles. The van der Waals surface area contributed by atoms with Crippen molar-refractivity contribution < 1.29 is 19.2 Å². The first-order valence-electron chi connectivity index (χ1n) is 12.5. The lowest BCUT2D eigenvalue weighted by molar-refractivity contribution is -0.125. The van der Waals surface area contributed by atoms with E-state index >= 15 is 0 Å². The number of hydrogen-bond donors (Lipinski definition) is 2. The van der Waals surface area contributed by atoms with Crippen LogP contribution >= 0.6 is 48.0 Å². The van der Waals surface area contributed by atoms with E-state index < -0.39 is 11.8 Å². The molecule has 8 nitrogen and oxygen atoms in total. The van der Waals surface area contributed by atoms with Crippen molar-refractivity contribution in [3.63, 3.8) is 0 Å². The van der Waals surface area contributed by atoms with Crippen molar-refractivity contribution in [1.82, 2.24) is 9.80 Å². The van der Waals surface area contributed by atoms with E-state index in [9.17, 15) is 19.2 Å². The molecule has 0 spiro atoms. The zero-order valence-corrected chi connectivity index (χ0v) is 25.7. The molecule has 2 aliphatic heterocycles. The Morgan fingerprint density at radius 2 is 0.975 bits per heavy atom. The lowest BCUT2D eigenvalue weighted by Gasteiger charge is -2.15. The summed E-state index contributed by atoms with van der Waals surface area (Å²) in [6.07, 6.45) is 0.0898. The van der Waals surface area contributed by atoms with E-state index in [1.165, 1.54) is 9.80 Å². The van der Waals surface area contributed by atoms with E-state index in [1.807, 2.05) is 64.1 Å². The van der Waals surface area contributed by atoms with E-state index in [4.69, 9.17) is 24.4 Å². The van der Waals surface area contributed by atoms with Gasteiger partial charge in [-0.05, 0) is 74.2 Å². The first-order valence-corrected chi connectivity index (χ1v) is 14.9. The van der Waals surface area contributed by atoms with Crippen LogP contribution in [0.2, 0.25) is 0 Å². The third-order valence-corrected chi connectivity index (χ3v) is 9.07. The molecule has 0 atom stereocenters. The zero-order chi connectivity index (χ0) is 29.1. The summed E-state index contributed by atoms with van der Waals surface area (Å²) in [5.74, 6) is -1.35. The third kappa shape index (κ3) is 7.17. The predicted molar refractivity (Wildman–Crippen MR) is 169 cm³/mol. The van der Waals surface area contributed by atoms with Crippen molar-refractivity contribution in [3.05, 3.63) is 68.5 Å². The molecule has 4 amide bonds. The predicted octanol–water partition coefficient (Wildman–Crippen LogP) is 5.21. The van der Waals surface area contributed by atoms with Crippen molar-refractivity contribution in [2.24, 2.45) is 0 Å². The zero-order valence-electron chi connectivity index (χ0n) is 22.5. The molecule has 208 valence electrons. The molecule has 12 heteroatoms. The van der Waals surface area contributed by atoms with Gasteiger partial charge in [-0.15, -0.1) is 0 Å². The van der Waals surface area contributed by atoms with Gasteiger partial charge in [0.15, 0.2) is 0 Å². The molecule has 0 bridgehead atoms. The Morgan fingerprint density at radius 3 is 1.30 bits per heavy atom. The van der Waals surface area contributed by atoms with E-state index in [2.05, 4.69) is 10.6 Å². The van der Waals surface area contributed by atoms with E-state index in [1.54, 1.807) is 0 Å². The largest absolute Gasteiger partial charge is 0.326 e. The van der Waals surface area contributed by atoms with Crippen molar-refractivity contribution in [2.75, 3.05) is 23.7 Å². The number of thioether (sulfide) groups is 2. The Balaban J connectivity index is 1.35. The maximum Gasteiger partial charge on any atom is 0.267 e. The van der Waals surface area contributed by atoms with Gasteiger partial charge in [0.2, 0.25) is 11.8 Å². The second-order valence-corrected chi connectivity index (χ2v) is 12.9. The third-order valence-electron chi connectivity index (χ3n) is 6.04. The Bertz CT molecular complexity index is 1340. The normalized spacial score (nSPS) is 17.2. The number of thiocarbonyl (C=S) groups is 2. The molecule has 0 saturated carbocycles. The summed E-state index contributed by atoms with van der Waals surface area (Å²) in [6.45, 7) is 7.98. The lowest BCUT2D eigenvalue weighted by atomic mass is 10.1. The van der Waals surface area contributed by atoms with Crippen LogP contribution in [0.4, 0.5) is 11.4 Å². The van der Waals surface area contributed by atoms with E-state index in [-0.39, 0.29) is 56.2 Å². The monoisotopic (exact) mass is 612 g/mol. The molecular weight excluding hydrogens is 585 g/mol. The van der Waals surface area contributed by atoms with Crippen LogP contribution in [0.5, 0.6) is 0 Å². The van der Waals surface area contributed by atoms with Crippen LogP contribution in [0, 0.1) is 27.7 Å². The van der Waals surface area contributed by atoms with Gasteiger partial charge in [0.1, 0.15) is 8.64 Å². The average Bonchev–Trinajstić information content (AvgIpc) is 3.28. The first-order chi connectivity index (χ1) is 18.9. The van der Waals surface area contributed by atoms with Crippen LogP contribution in [-0.4, -0.2) is 55.2 Å². The number of nitrogens with zero attached hydrogens (tertiary/aromatic N) is 2. The number of carbonyl (C=O) groups is 4. The standard InChI is InChI=1S/C28H28N4O4S4/c1-15-9-16(2)12-19(11-15)29-21(33)5-7-31-25(35)23(39-27(31)37)24-26(36)32(28(38)40-24)8-6-22(34)30-20-13-17(3)10-18(4)14-20/h9-14H,5-8H2,1-4H3,(H,29,33)(H,30,34)/b24-23+. The fourth-order valence-corrected chi connectivity index (χ4v) is 7.19. The molecule has 2 N–H and O–H groups in total. The van der Waals surface area contributed by atoms with Gasteiger partial charge in [0.25, 0.3) is 11.8 Å². The quantitative estimate of drug-likeness (QED) is 0.310. The second-order valence-electron chi connectivity index (χ2n) is 9.66. The summed E-state index contributed by atoms with van der Waals surface area (Å²) in [7, 11) is 0. The maximum atomic E-state index is 13.2.